The third-order valence-electron chi connectivity index (χ3n) is 4.33. The van der Waals surface area contributed by atoms with E-state index in [0.717, 1.165) is 27.4 Å². The number of ether oxygens (including phenoxy) is 2. The first-order chi connectivity index (χ1) is 13.5. The second-order valence-corrected chi connectivity index (χ2v) is 7.67. The van der Waals surface area contributed by atoms with Crippen LogP contribution in [-0.2, 0) is 4.79 Å². The average Bonchev–Trinajstić information content (AvgIpc) is 3.03. The fourth-order valence-electron chi connectivity index (χ4n) is 2.70. The molecule has 1 N–H and O–H groups in total. The van der Waals surface area contributed by atoms with Gasteiger partial charge in [0.1, 0.15) is 11.5 Å². The van der Waals surface area contributed by atoms with E-state index in [-0.39, 0.29) is 12.5 Å². The lowest BCUT2D eigenvalue weighted by atomic mass is 10.1. The summed E-state index contributed by atoms with van der Waals surface area (Å²) < 4.78 is 11.1. The molecule has 0 aliphatic carbocycles. The minimum Gasteiger partial charge on any atom is -0.494 e. The zero-order valence-corrected chi connectivity index (χ0v) is 17.4. The van der Waals surface area contributed by atoms with Crippen LogP contribution in [0.4, 0.5) is 5.13 Å². The molecule has 0 aliphatic heterocycles. The fraction of sp³-hybridized carbons (Fsp3) is 0.273. The predicted octanol–water partition coefficient (Wildman–Crippen LogP) is 5.15. The number of rotatable bonds is 7. The molecule has 0 atom stereocenters. The number of nitrogens with one attached hydrogen (secondary N) is 1. The molecule has 0 bridgehead atoms. The molecule has 0 unspecified atom stereocenters. The smallest absolute Gasteiger partial charge is 0.264 e. The Labute approximate surface area is 169 Å². The molecule has 5 nitrogen and oxygen atoms in total. The van der Waals surface area contributed by atoms with Crippen molar-refractivity contribution in [3.05, 3.63) is 58.5 Å². The zero-order chi connectivity index (χ0) is 20.1. The van der Waals surface area contributed by atoms with Gasteiger partial charge in [-0.15, -0.1) is 11.3 Å². The van der Waals surface area contributed by atoms with Crippen molar-refractivity contribution in [3.63, 3.8) is 0 Å². The molecule has 146 valence electrons. The minimum absolute atomic E-state index is 0.0560. The highest BCUT2D eigenvalue weighted by Gasteiger charge is 2.13. The molecule has 3 rings (SSSR count). The molecule has 3 aromatic rings. The maximum atomic E-state index is 12.2. The first-order valence-corrected chi connectivity index (χ1v) is 9.98. The Hall–Kier alpha value is -2.86. The monoisotopic (exact) mass is 396 g/mol. The van der Waals surface area contributed by atoms with Gasteiger partial charge in [0.15, 0.2) is 11.7 Å². The first kappa shape index (κ1) is 19.9. The SMILES string of the molecule is CCOc1ccc(-c2nc(NC(=O)COc3ccc(C)c(C)c3)sc2C)cc1. The van der Waals surface area contributed by atoms with E-state index in [4.69, 9.17) is 9.47 Å². The Balaban J connectivity index is 1.62. The minimum atomic E-state index is -0.231. The number of aromatic nitrogens is 1. The third kappa shape index (κ3) is 4.89. The van der Waals surface area contributed by atoms with Gasteiger partial charge in [-0.1, -0.05) is 6.07 Å². The lowest BCUT2D eigenvalue weighted by Crippen LogP contribution is -2.20. The average molecular weight is 397 g/mol. The molecule has 0 radical (unpaired) electrons. The third-order valence-corrected chi connectivity index (χ3v) is 5.22. The van der Waals surface area contributed by atoms with Gasteiger partial charge in [-0.2, -0.15) is 0 Å². The van der Waals surface area contributed by atoms with Gasteiger partial charge in [-0.05, 0) is 75.2 Å². The topological polar surface area (TPSA) is 60.5 Å². The molecular formula is C22H24N2O3S. The number of anilines is 1. The van der Waals surface area contributed by atoms with Crippen molar-refractivity contribution in [1.29, 1.82) is 0 Å². The number of amides is 1. The maximum Gasteiger partial charge on any atom is 0.264 e. The summed E-state index contributed by atoms with van der Waals surface area (Å²) in [6, 6.07) is 13.6. The summed E-state index contributed by atoms with van der Waals surface area (Å²) >= 11 is 1.45. The summed E-state index contributed by atoms with van der Waals surface area (Å²) in [4.78, 5) is 17.8. The molecule has 1 aromatic heterocycles. The lowest BCUT2D eigenvalue weighted by Gasteiger charge is -2.08. The molecule has 28 heavy (non-hydrogen) atoms. The summed E-state index contributed by atoms with van der Waals surface area (Å²) in [7, 11) is 0. The van der Waals surface area contributed by atoms with Crippen LogP contribution in [0.25, 0.3) is 11.3 Å². The van der Waals surface area contributed by atoms with E-state index >= 15 is 0 Å². The quantitative estimate of drug-likeness (QED) is 0.600. The van der Waals surface area contributed by atoms with Crippen molar-refractivity contribution in [3.8, 4) is 22.8 Å². The highest BCUT2D eigenvalue weighted by molar-refractivity contribution is 7.16. The van der Waals surface area contributed by atoms with E-state index in [1.165, 1.54) is 16.9 Å². The Morgan fingerprint density at radius 1 is 1.00 bits per heavy atom. The number of aryl methyl sites for hydroxylation is 3. The van der Waals surface area contributed by atoms with Crippen molar-refractivity contribution in [2.45, 2.75) is 27.7 Å². The van der Waals surface area contributed by atoms with Crippen molar-refractivity contribution >= 4 is 22.4 Å². The van der Waals surface area contributed by atoms with Gasteiger partial charge < -0.3 is 9.47 Å². The first-order valence-electron chi connectivity index (χ1n) is 9.17. The summed E-state index contributed by atoms with van der Waals surface area (Å²) in [5, 5.41) is 3.38. The van der Waals surface area contributed by atoms with Crippen molar-refractivity contribution in [2.24, 2.45) is 0 Å². The Morgan fingerprint density at radius 2 is 1.71 bits per heavy atom. The summed E-state index contributed by atoms with van der Waals surface area (Å²) in [5.41, 5.74) is 4.17. The second kappa shape index (κ2) is 8.89. The van der Waals surface area contributed by atoms with Crippen LogP contribution in [0.2, 0.25) is 0 Å². The fourth-order valence-corrected chi connectivity index (χ4v) is 3.55. The molecule has 2 aromatic carbocycles. The van der Waals surface area contributed by atoms with E-state index in [1.54, 1.807) is 0 Å². The number of benzene rings is 2. The molecule has 0 aliphatic rings. The number of thiazole rings is 1. The largest absolute Gasteiger partial charge is 0.494 e. The van der Waals surface area contributed by atoms with Crippen LogP contribution in [-0.4, -0.2) is 24.1 Å². The molecule has 0 saturated heterocycles. The van der Waals surface area contributed by atoms with E-state index in [0.29, 0.717) is 17.5 Å². The normalized spacial score (nSPS) is 10.6. The lowest BCUT2D eigenvalue weighted by molar-refractivity contribution is -0.118. The molecule has 0 saturated carbocycles. The van der Waals surface area contributed by atoms with Gasteiger partial charge in [0.05, 0.1) is 12.3 Å². The van der Waals surface area contributed by atoms with Crippen LogP contribution in [0.5, 0.6) is 11.5 Å². The van der Waals surface area contributed by atoms with Gasteiger partial charge in [-0.25, -0.2) is 4.98 Å². The molecule has 0 fully saturated rings. The van der Waals surface area contributed by atoms with E-state index < -0.39 is 0 Å². The predicted molar refractivity (Wildman–Crippen MR) is 113 cm³/mol. The van der Waals surface area contributed by atoms with E-state index in [1.807, 2.05) is 70.2 Å². The van der Waals surface area contributed by atoms with Crippen LogP contribution in [0, 0.1) is 20.8 Å². The highest BCUT2D eigenvalue weighted by Crippen LogP contribution is 2.31. The molecule has 1 heterocycles. The molecule has 1 amide bonds. The maximum absolute atomic E-state index is 12.2. The standard InChI is InChI=1S/C22H24N2O3S/c1-5-26-18-10-7-17(8-11-18)21-16(4)28-22(24-21)23-20(25)13-27-19-9-6-14(2)15(3)12-19/h6-12H,5,13H2,1-4H3,(H,23,24,25). The van der Waals surface area contributed by atoms with Crippen LogP contribution in [0.15, 0.2) is 42.5 Å². The Kier molecular flexibility index (Phi) is 6.31. The van der Waals surface area contributed by atoms with Crippen LogP contribution in [0.3, 0.4) is 0 Å². The summed E-state index contributed by atoms with van der Waals surface area (Å²) in [6.45, 7) is 8.58. The zero-order valence-electron chi connectivity index (χ0n) is 16.5. The Morgan fingerprint density at radius 3 is 2.39 bits per heavy atom. The summed E-state index contributed by atoms with van der Waals surface area (Å²) in [6.07, 6.45) is 0. The number of carbonyl (C=O) groups is 1. The van der Waals surface area contributed by atoms with Crippen molar-refractivity contribution in [1.82, 2.24) is 4.98 Å². The van der Waals surface area contributed by atoms with E-state index in [2.05, 4.69) is 10.3 Å². The van der Waals surface area contributed by atoms with Gasteiger partial charge in [0, 0.05) is 10.4 Å². The van der Waals surface area contributed by atoms with Gasteiger partial charge in [0.25, 0.3) is 5.91 Å². The van der Waals surface area contributed by atoms with Crippen LogP contribution in [0.1, 0.15) is 22.9 Å². The van der Waals surface area contributed by atoms with Gasteiger partial charge >= 0.3 is 0 Å². The number of carbonyl (C=O) groups excluding carboxylic acids is 1. The molecule has 6 heteroatoms. The molecule has 0 spiro atoms. The Bertz CT molecular complexity index is 964. The number of hydrogen-bond donors (Lipinski definition) is 1. The molecular weight excluding hydrogens is 372 g/mol. The van der Waals surface area contributed by atoms with Gasteiger partial charge in [0.2, 0.25) is 0 Å². The number of hydrogen-bond acceptors (Lipinski definition) is 5. The van der Waals surface area contributed by atoms with Gasteiger partial charge in [-0.3, -0.25) is 10.1 Å². The highest BCUT2D eigenvalue weighted by atomic mass is 32.1. The van der Waals surface area contributed by atoms with Crippen LogP contribution < -0.4 is 14.8 Å². The van der Waals surface area contributed by atoms with Crippen molar-refractivity contribution < 1.29 is 14.3 Å². The van der Waals surface area contributed by atoms with E-state index in [9.17, 15) is 4.79 Å². The second-order valence-electron chi connectivity index (χ2n) is 6.46. The number of nitrogens with zero attached hydrogens (tertiary/aromatic N) is 1. The summed E-state index contributed by atoms with van der Waals surface area (Å²) in [5.74, 6) is 1.28. The van der Waals surface area contributed by atoms with Crippen LogP contribution >= 0.6 is 11.3 Å². The van der Waals surface area contributed by atoms with Crippen molar-refractivity contribution in [2.75, 3.05) is 18.5 Å².